The van der Waals surface area contributed by atoms with Crippen molar-refractivity contribution in [2.24, 2.45) is 0 Å². The van der Waals surface area contributed by atoms with Gasteiger partial charge in [0.05, 0.1) is 25.0 Å². The normalized spacial score (nSPS) is 12.9. The molecule has 0 saturated carbocycles. The van der Waals surface area contributed by atoms with Crippen molar-refractivity contribution in [2.45, 2.75) is 38.8 Å². The minimum atomic E-state index is -0.373. The Hall–Kier alpha value is -4.57. The Kier molecular flexibility index (Phi) is 9.23. The lowest BCUT2D eigenvalue weighted by Gasteiger charge is -2.11. The molecule has 0 aliphatic carbocycles. The summed E-state index contributed by atoms with van der Waals surface area (Å²) in [6, 6.07) is 11.2. The van der Waals surface area contributed by atoms with Gasteiger partial charge in [-0.05, 0) is 54.9 Å². The zero-order chi connectivity index (χ0) is 28.6. The van der Waals surface area contributed by atoms with Gasteiger partial charge in [0.15, 0.2) is 5.58 Å². The lowest BCUT2D eigenvalue weighted by atomic mass is 10.1. The number of rotatable bonds is 9. The van der Waals surface area contributed by atoms with Gasteiger partial charge in [0.25, 0.3) is 5.91 Å². The Labute approximate surface area is 232 Å². The Morgan fingerprint density at radius 2 is 2.02 bits per heavy atom. The molecule has 0 spiro atoms. The van der Waals surface area contributed by atoms with Crippen molar-refractivity contribution in [3.63, 3.8) is 0 Å². The summed E-state index contributed by atoms with van der Waals surface area (Å²) < 4.78 is 10.9. The summed E-state index contributed by atoms with van der Waals surface area (Å²) in [6.07, 6.45) is 7.87. The van der Waals surface area contributed by atoms with E-state index < -0.39 is 0 Å². The van der Waals surface area contributed by atoms with Crippen LogP contribution in [0.4, 0.5) is 0 Å². The number of aromatic nitrogens is 2. The molecule has 10 nitrogen and oxygen atoms in total. The van der Waals surface area contributed by atoms with E-state index >= 15 is 0 Å². The molecule has 0 fully saturated rings. The van der Waals surface area contributed by atoms with E-state index in [9.17, 15) is 14.4 Å². The number of hydrogen-bond donors (Lipinski definition) is 2. The molecule has 5 rings (SSSR count). The zero-order valence-corrected chi connectivity index (χ0v) is 23.1. The highest BCUT2D eigenvalue weighted by atomic mass is 16.5. The van der Waals surface area contributed by atoms with Crippen LogP contribution in [0.15, 0.2) is 59.4 Å². The molecule has 2 N–H and O–H groups in total. The smallest absolute Gasteiger partial charge is 0.254 e. The third kappa shape index (κ3) is 6.52. The maximum absolute atomic E-state index is 11.7. The van der Waals surface area contributed by atoms with Crippen LogP contribution in [0.25, 0.3) is 22.2 Å². The molecule has 208 valence electrons. The number of pyridine rings is 2. The molecule has 3 amide bonds. The summed E-state index contributed by atoms with van der Waals surface area (Å²) in [5.41, 5.74) is 5.44. The first-order chi connectivity index (χ1) is 19.4. The first kappa shape index (κ1) is 28.4. The summed E-state index contributed by atoms with van der Waals surface area (Å²) in [7, 11) is 5.14. The first-order valence-electron chi connectivity index (χ1n) is 13.0. The minimum Gasteiger partial charge on any atom is -0.497 e. The lowest BCUT2D eigenvalue weighted by molar-refractivity contribution is -0.125. The van der Waals surface area contributed by atoms with Gasteiger partial charge in [0.1, 0.15) is 11.5 Å². The van der Waals surface area contributed by atoms with E-state index in [-0.39, 0.29) is 24.3 Å². The quantitative estimate of drug-likeness (QED) is 0.303. The highest BCUT2D eigenvalue weighted by Gasteiger charge is 2.24. The van der Waals surface area contributed by atoms with E-state index in [0.717, 1.165) is 46.4 Å². The number of nitrogens with zero attached hydrogens (tertiary/aromatic N) is 3. The van der Waals surface area contributed by atoms with Gasteiger partial charge in [0.2, 0.25) is 12.3 Å². The average Bonchev–Trinajstić information content (AvgIpc) is 3.52. The van der Waals surface area contributed by atoms with Gasteiger partial charge in [-0.3, -0.25) is 29.7 Å². The van der Waals surface area contributed by atoms with Crippen LogP contribution in [0.5, 0.6) is 5.75 Å². The van der Waals surface area contributed by atoms with Gasteiger partial charge in [-0.1, -0.05) is 19.4 Å². The number of nitrogens with one attached hydrogen (secondary N) is 2. The van der Waals surface area contributed by atoms with Crippen LogP contribution in [0, 0.1) is 0 Å². The van der Waals surface area contributed by atoms with E-state index in [1.807, 2.05) is 30.5 Å². The van der Waals surface area contributed by atoms with Crippen LogP contribution in [0.3, 0.4) is 0 Å². The van der Waals surface area contributed by atoms with Gasteiger partial charge in [0, 0.05) is 48.9 Å². The number of methoxy groups -OCH3 is 1. The SMILES string of the molecule is CCCc1cncc(-c2cc3cc(C(CC(=O)NC=O)NC)oc3cn2)c1.COc1ccc2c(c1)C(=O)N(C)C2. The van der Waals surface area contributed by atoms with Crippen LogP contribution in [-0.2, 0) is 22.6 Å². The largest absolute Gasteiger partial charge is 0.497 e. The minimum absolute atomic E-state index is 0.0777. The number of aryl methyl sites for hydroxylation is 1. The molecule has 1 aromatic carbocycles. The summed E-state index contributed by atoms with van der Waals surface area (Å²) in [4.78, 5) is 44.1. The maximum atomic E-state index is 11.7. The van der Waals surface area contributed by atoms with E-state index in [2.05, 4.69) is 33.6 Å². The topological polar surface area (TPSA) is 127 Å². The molecule has 1 aliphatic rings. The van der Waals surface area contributed by atoms with Gasteiger partial charge in [-0.2, -0.15) is 0 Å². The van der Waals surface area contributed by atoms with Crippen LogP contribution in [-0.4, -0.2) is 54.3 Å². The number of furan rings is 1. The highest BCUT2D eigenvalue weighted by molar-refractivity contribution is 5.98. The molecular weight excluding hydrogens is 510 g/mol. The number of hydrogen-bond acceptors (Lipinski definition) is 8. The summed E-state index contributed by atoms with van der Waals surface area (Å²) in [5, 5.41) is 6.07. The second-order valence-corrected chi connectivity index (χ2v) is 9.50. The molecular formula is C30H33N5O5. The van der Waals surface area contributed by atoms with Crippen molar-refractivity contribution in [3.8, 4) is 17.0 Å². The van der Waals surface area contributed by atoms with Gasteiger partial charge < -0.3 is 19.4 Å². The summed E-state index contributed by atoms with van der Waals surface area (Å²) in [6.45, 7) is 2.84. The second-order valence-electron chi connectivity index (χ2n) is 9.50. The predicted octanol–water partition coefficient (Wildman–Crippen LogP) is 4.05. The van der Waals surface area contributed by atoms with Crippen molar-refractivity contribution in [2.75, 3.05) is 21.2 Å². The molecule has 4 heterocycles. The number of carbonyl (C=O) groups excluding carboxylic acids is 3. The number of amides is 3. The predicted molar refractivity (Wildman–Crippen MR) is 151 cm³/mol. The fraction of sp³-hybridized carbons (Fsp3) is 0.300. The number of ether oxygens (including phenoxy) is 1. The number of carbonyl (C=O) groups is 3. The van der Waals surface area contributed by atoms with E-state index in [1.165, 1.54) is 5.56 Å². The van der Waals surface area contributed by atoms with Crippen LogP contribution >= 0.6 is 0 Å². The Morgan fingerprint density at radius 1 is 1.20 bits per heavy atom. The Bertz CT molecular complexity index is 1520. The lowest BCUT2D eigenvalue weighted by Crippen LogP contribution is -2.27. The summed E-state index contributed by atoms with van der Waals surface area (Å²) in [5.74, 6) is 1.06. The molecule has 0 bridgehead atoms. The third-order valence-electron chi connectivity index (χ3n) is 6.66. The zero-order valence-electron chi connectivity index (χ0n) is 23.1. The Morgan fingerprint density at radius 3 is 2.75 bits per heavy atom. The molecule has 1 unspecified atom stereocenters. The summed E-state index contributed by atoms with van der Waals surface area (Å²) >= 11 is 0. The fourth-order valence-electron chi connectivity index (χ4n) is 4.56. The van der Waals surface area contributed by atoms with Gasteiger partial charge in [-0.15, -0.1) is 0 Å². The van der Waals surface area contributed by atoms with Gasteiger partial charge in [-0.25, -0.2) is 0 Å². The molecule has 1 atom stereocenters. The molecule has 4 aromatic rings. The highest BCUT2D eigenvalue weighted by Crippen LogP contribution is 2.29. The van der Waals surface area contributed by atoms with E-state index in [4.69, 9.17) is 9.15 Å². The molecule has 10 heteroatoms. The van der Waals surface area contributed by atoms with Crippen LogP contribution < -0.4 is 15.4 Å². The van der Waals surface area contributed by atoms with Crippen molar-refractivity contribution in [3.05, 3.63) is 77.4 Å². The number of benzene rings is 1. The molecule has 0 radical (unpaired) electrons. The first-order valence-corrected chi connectivity index (χ1v) is 13.0. The maximum Gasteiger partial charge on any atom is 0.254 e. The number of fused-ring (bicyclic) bond motifs is 2. The number of imide groups is 1. The monoisotopic (exact) mass is 543 g/mol. The molecule has 3 aromatic heterocycles. The molecule has 1 aliphatic heterocycles. The molecule has 0 saturated heterocycles. The molecule has 40 heavy (non-hydrogen) atoms. The van der Waals surface area contributed by atoms with Crippen molar-refractivity contribution in [1.29, 1.82) is 0 Å². The average molecular weight is 544 g/mol. The van der Waals surface area contributed by atoms with Crippen molar-refractivity contribution < 1.29 is 23.5 Å². The van der Waals surface area contributed by atoms with Crippen LogP contribution in [0.1, 0.15) is 53.1 Å². The second kappa shape index (κ2) is 13.0. The van der Waals surface area contributed by atoms with Crippen molar-refractivity contribution >= 4 is 29.2 Å². The van der Waals surface area contributed by atoms with E-state index in [0.29, 0.717) is 24.3 Å². The fourth-order valence-corrected chi connectivity index (χ4v) is 4.56. The standard InChI is InChI=1S/C20H22N4O3.C10H11NO2/c1-3-4-13-5-15(10-22-9-13)16-6-14-7-18(27-19(14)11-23-16)17(21-2)8-20(26)24-12-25;1-11-6-7-3-4-8(13-2)5-9(7)10(11)12/h5-7,9-12,17,21H,3-4,8H2,1-2H3,(H,24,25,26);3-5H,6H2,1-2H3. The van der Waals surface area contributed by atoms with Crippen LogP contribution in [0.2, 0.25) is 0 Å². The Balaban J connectivity index is 0.000000236. The third-order valence-corrected chi connectivity index (χ3v) is 6.66. The van der Waals surface area contributed by atoms with Crippen molar-refractivity contribution in [1.82, 2.24) is 25.5 Å². The van der Waals surface area contributed by atoms with E-state index in [1.54, 1.807) is 44.6 Å². The van der Waals surface area contributed by atoms with Gasteiger partial charge >= 0.3 is 0 Å².